The fourth-order valence-electron chi connectivity index (χ4n) is 2.50. The number of hydrogen-bond donors (Lipinski definition) is 2. The number of nitrogens with zero attached hydrogens (tertiary/aromatic N) is 2. The first-order valence-corrected chi connectivity index (χ1v) is 9.68. The molecular weight excluding hydrogens is 375 g/mol. The lowest BCUT2D eigenvalue weighted by Crippen LogP contribution is -2.42. The first-order valence-electron chi connectivity index (χ1n) is 8.24. The third-order valence-electron chi connectivity index (χ3n) is 3.96. The van der Waals surface area contributed by atoms with Crippen LogP contribution in [0, 0.1) is 5.82 Å². The molecule has 0 aliphatic heterocycles. The van der Waals surface area contributed by atoms with Crippen molar-refractivity contribution in [1.29, 1.82) is 0 Å². The van der Waals surface area contributed by atoms with E-state index in [0.717, 1.165) is 6.07 Å². The number of halogens is 1. The lowest BCUT2D eigenvalue weighted by molar-refractivity contribution is 0.0839. The third kappa shape index (κ3) is 4.34. The summed E-state index contributed by atoms with van der Waals surface area (Å²) in [6, 6.07) is 6.54. The van der Waals surface area contributed by atoms with Crippen LogP contribution in [0.15, 0.2) is 41.4 Å². The highest BCUT2D eigenvalue weighted by Gasteiger charge is 2.25. The van der Waals surface area contributed by atoms with Gasteiger partial charge in [0.05, 0.1) is 5.56 Å². The summed E-state index contributed by atoms with van der Waals surface area (Å²) in [5.41, 5.74) is 4.05. The van der Waals surface area contributed by atoms with Gasteiger partial charge in [0.25, 0.3) is 11.8 Å². The van der Waals surface area contributed by atoms with Crippen LogP contribution in [0.25, 0.3) is 0 Å². The highest BCUT2D eigenvalue weighted by Crippen LogP contribution is 2.18. The van der Waals surface area contributed by atoms with E-state index in [-0.39, 0.29) is 16.2 Å². The topological polar surface area (TPSA) is 101 Å². The van der Waals surface area contributed by atoms with Gasteiger partial charge in [0, 0.05) is 26.3 Å². The van der Waals surface area contributed by atoms with E-state index < -0.39 is 27.7 Å². The largest absolute Gasteiger partial charge is 0.345 e. The van der Waals surface area contributed by atoms with Gasteiger partial charge in [-0.05, 0) is 18.2 Å². The van der Waals surface area contributed by atoms with Crippen LogP contribution in [0.4, 0.5) is 4.39 Å². The summed E-state index contributed by atoms with van der Waals surface area (Å²) in [4.78, 5) is 24.2. The molecule has 8 nitrogen and oxygen atoms in total. The van der Waals surface area contributed by atoms with Crippen LogP contribution in [0.1, 0.15) is 34.7 Å². The Morgan fingerprint density at radius 3 is 2.30 bits per heavy atom. The number of carbonyl (C=O) groups excluding carboxylic acids is 2. The average molecular weight is 396 g/mol. The fraction of sp³-hybridized carbons (Fsp3) is 0.294. The molecule has 0 fully saturated rings. The zero-order chi connectivity index (χ0) is 20.2. The molecule has 0 saturated carbocycles. The molecule has 2 amide bonds. The number of sulfonamides is 1. The second kappa shape index (κ2) is 8.31. The smallest absolute Gasteiger partial charge is 0.286 e. The molecule has 1 heterocycles. The number of benzene rings is 1. The van der Waals surface area contributed by atoms with Crippen molar-refractivity contribution in [2.75, 3.05) is 13.1 Å². The van der Waals surface area contributed by atoms with E-state index in [1.807, 2.05) is 0 Å². The molecule has 10 heteroatoms. The van der Waals surface area contributed by atoms with Crippen LogP contribution >= 0.6 is 0 Å². The van der Waals surface area contributed by atoms with Gasteiger partial charge in [-0.3, -0.25) is 20.4 Å². The number of nitrogens with one attached hydrogen (secondary N) is 2. The molecule has 2 N–H and O–H groups in total. The molecule has 1 aromatic heterocycles. The SMILES string of the molecule is CCN(CC)S(=O)(=O)c1cc(C(=O)NNC(=O)c2ccccc2F)n(C)c1. The van der Waals surface area contributed by atoms with Crippen LogP contribution in [-0.4, -0.2) is 42.2 Å². The van der Waals surface area contributed by atoms with E-state index in [0.29, 0.717) is 13.1 Å². The van der Waals surface area contributed by atoms with Crippen molar-refractivity contribution in [2.45, 2.75) is 18.7 Å². The maximum atomic E-state index is 13.6. The predicted molar refractivity (Wildman–Crippen MR) is 96.9 cm³/mol. The fourth-order valence-corrected chi connectivity index (χ4v) is 4.03. The Morgan fingerprint density at radius 1 is 1.11 bits per heavy atom. The lowest BCUT2D eigenvalue weighted by atomic mass is 10.2. The molecule has 2 aromatic rings. The molecule has 1 aromatic carbocycles. The Labute approximate surface area is 157 Å². The Bertz CT molecular complexity index is 952. The Kier molecular flexibility index (Phi) is 6.34. The minimum Gasteiger partial charge on any atom is -0.345 e. The van der Waals surface area contributed by atoms with Crippen LogP contribution < -0.4 is 10.9 Å². The number of amides is 2. The molecule has 0 bridgehead atoms. The summed E-state index contributed by atoms with van der Waals surface area (Å²) in [7, 11) is -2.21. The zero-order valence-electron chi connectivity index (χ0n) is 15.2. The monoisotopic (exact) mass is 396 g/mol. The van der Waals surface area contributed by atoms with Crippen LogP contribution in [0.5, 0.6) is 0 Å². The second-order valence-corrected chi connectivity index (χ2v) is 7.59. The van der Waals surface area contributed by atoms with Gasteiger partial charge in [-0.15, -0.1) is 0 Å². The second-order valence-electron chi connectivity index (χ2n) is 5.65. The summed E-state index contributed by atoms with van der Waals surface area (Å²) in [6.45, 7) is 4.04. The third-order valence-corrected chi connectivity index (χ3v) is 5.98. The van der Waals surface area contributed by atoms with E-state index in [1.165, 1.54) is 46.4 Å². The summed E-state index contributed by atoms with van der Waals surface area (Å²) >= 11 is 0. The van der Waals surface area contributed by atoms with E-state index in [2.05, 4.69) is 10.9 Å². The highest BCUT2D eigenvalue weighted by molar-refractivity contribution is 7.89. The van der Waals surface area contributed by atoms with Gasteiger partial charge in [0.15, 0.2) is 0 Å². The van der Waals surface area contributed by atoms with Crippen molar-refractivity contribution in [2.24, 2.45) is 7.05 Å². The summed E-state index contributed by atoms with van der Waals surface area (Å²) in [5, 5.41) is 0. The number of aryl methyl sites for hydroxylation is 1. The molecule has 0 atom stereocenters. The van der Waals surface area contributed by atoms with Gasteiger partial charge in [0.1, 0.15) is 16.4 Å². The van der Waals surface area contributed by atoms with Gasteiger partial charge in [-0.2, -0.15) is 4.31 Å². The van der Waals surface area contributed by atoms with Gasteiger partial charge in [-0.25, -0.2) is 12.8 Å². The maximum Gasteiger partial charge on any atom is 0.286 e. The van der Waals surface area contributed by atoms with Crippen molar-refractivity contribution in [1.82, 2.24) is 19.7 Å². The van der Waals surface area contributed by atoms with E-state index in [4.69, 9.17) is 0 Å². The van der Waals surface area contributed by atoms with Crippen LogP contribution in [0.3, 0.4) is 0 Å². The lowest BCUT2D eigenvalue weighted by Gasteiger charge is -2.17. The molecule has 146 valence electrons. The molecule has 0 aliphatic carbocycles. The van der Waals surface area contributed by atoms with Gasteiger partial charge in [0.2, 0.25) is 10.0 Å². The quantitative estimate of drug-likeness (QED) is 0.718. The number of hydrogen-bond acceptors (Lipinski definition) is 4. The zero-order valence-corrected chi connectivity index (χ0v) is 16.0. The van der Waals surface area contributed by atoms with Crippen molar-refractivity contribution in [3.63, 3.8) is 0 Å². The van der Waals surface area contributed by atoms with E-state index in [1.54, 1.807) is 13.8 Å². The Balaban J connectivity index is 2.15. The van der Waals surface area contributed by atoms with Crippen LogP contribution in [-0.2, 0) is 17.1 Å². The Morgan fingerprint density at radius 2 is 1.70 bits per heavy atom. The maximum absolute atomic E-state index is 13.6. The van der Waals surface area contributed by atoms with Crippen molar-refractivity contribution in [3.8, 4) is 0 Å². The molecule has 0 unspecified atom stereocenters. The summed E-state index contributed by atoms with van der Waals surface area (Å²) in [5.74, 6) is -2.29. The molecule has 0 spiro atoms. The van der Waals surface area contributed by atoms with Crippen molar-refractivity contribution in [3.05, 3.63) is 53.6 Å². The van der Waals surface area contributed by atoms with Crippen LogP contribution in [0.2, 0.25) is 0 Å². The molecule has 0 aliphatic rings. The number of carbonyl (C=O) groups is 2. The normalized spacial score (nSPS) is 11.4. The standard InChI is InChI=1S/C17H21FN4O4S/c1-4-22(5-2)27(25,26)12-10-15(21(3)11-12)17(24)20-19-16(23)13-8-6-7-9-14(13)18/h6-11H,4-5H2,1-3H3,(H,19,23)(H,20,24). The van der Waals surface area contributed by atoms with Crippen molar-refractivity contribution < 1.29 is 22.4 Å². The predicted octanol–water partition coefficient (Wildman–Crippen LogP) is 1.27. The highest BCUT2D eigenvalue weighted by atomic mass is 32.2. The molecule has 27 heavy (non-hydrogen) atoms. The first-order chi connectivity index (χ1) is 12.7. The summed E-state index contributed by atoms with van der Waals surface area (Å²) < 4.78 is 41.3. The molecule has 2 rings (SSSR count). The summed E-state index contributed by atoms with van der Waals surface area (Å²) in [6.07, 6.45) is 1.32. The van der Waals surface area contributed by atoms with E-state index in [9.17, 15) is 22.4 Å². The number of hydrazine groups is 1. The molecule has 0 radical (unpaired) electrons. The number of rotatable bonds is 6. The van der Waals surface area contributed by atoms with E-state index >= 15 is 0 Å². The number of aromatic nitrogens is 1. The molecular formula is C17H21FN4O4S. The average Bonchev–Trinajstić information content (AvgIpc) is 3.03. The van der Waals surface area contributed by atoms with Gasteiger partial charge >= 0.3 is 0 Å². The van der Waals surface area contributed by atoms with Gasteiger partial charge in [-0.1, -0.05) is 26.0 Å². The molecule has 0 saturated heterocycles. The minimum absolute atomic E-state index is 0.0227. The Hall–Kier alpha value is -2.72. The van der Waals surface area contributed by atoms with Crippen molar-refractivity contribution >= 4 is 21.8 Å². The first kappa shape index (κ1) is 20.6. The van der Waals surface area contributed by atoms with Gasteiger partial charge < -0.3 is 4.57 Å². The minimum atomic E-state index is -3.72.